The van der Waals surface area contributed by atoms with Crippen LogP contribution in [0.5, 0.6) is 0 Å². The zero-order chi connectivity index (χ0) is 22.5. The molecular formula is C24H28N8O. The van der Waals surface area contributed by atoms with E-state index in [0.717, 1.165) is 77.9 Å². The summed E-state index contributed by atoms with van der Waals surface area (Å²) in [7, 11) is 1.85. The van der Waals surface area contributed by atoms with Crippen molar-refractivity contribution in [1.82, 2.24) is 39.7 Å². The lowest BCUT2D eigenvalue weighted by Gasteiger charge is -2.22. The number of aromatic nitrogens is 6. The number of H-pyrrole nitrogens is 1. The molecule has 4 aromatic heterocycles. The van der Waals surface area contributed by atoms with E-state index in [-0.39, 0.29) is 5.91 Å². The van der Waals surface area contributed by atoms with Crippen molar-refractivity contribution in [2.45, 2.75) is 38.8 Å². The third-order valence-electron chi connectivity index (χ3n) is 6.92. The van der Waals surface area contributed by atoms with Gasteiger partial charge in [-0.05, 0) is 45.3 Å². The van der Waals surface area contributed by atoms with Gasteiger partial charge < -0.3 is 15.2 Å². The number of rotatable bonds is 1. The molecular weight excluding hydrogens is 416 g/mol. The Labute approximate surface area is 191 Å². The number of pyridine rings is 1. The summed E-state index contributed by atoms with van der Waals surface area (Å²) in [6, 6.07) is 2.42. The van der Waals surface area contributed by atoms with Crippen molar-refractivity contribution in [3.05, 3.63) is 42.2 Å². The number of nitrogens with zero attached hydrogens (tertiary/aromatic N) is 6. The maximum Gasteiger partial charge on any atom is 0.274 e. The predicted molar refractivity (Wildman–Crippen MR) is 126 cm³/mol. The van der Waals surface area contributed by atoms with E-state index in [1.165, 1.54) is 0 Å². The van der Waals surface area contributed by atoms with Crippen molar-refractivity contribution in [2.75, 3.05) is 26.7 Å². The summed E-state index contributed by atoms with van der Waals surface area (Å²) in [5.41, 5.74) is 6.24. The summed E-state index contributed by atoms with van der Waals surface area (Å²) >= 11 is 0. The Kier molecular flexibility index (Phi) is 4.79. The summed E-state index contributed by atoms with van der Waals surface area (Å²) in [6.45, 7) is 5.36. The topological polar surface area (TPSA) is 96.7 Å². The summed E-state index contributed by atoms with van der Waals surface area (Å²) in [5.74, 6) is -0.0542. The Morgan fingerprint density at radius 2 is 1.91 bits per heavy atom. The lowest BCUT2D eigenvalue weighted by Crippen LogP contribution is -2.31. The maximum atomic E-state index is 13.5. The van der Waals surface area contributed by atoms with Gasteiger partial charge >= 0.3 is 0 Å². The summed E-state index contributed by atoms with van der Waals surface area (Å²) in [4.78, 5) is 23.2. The van der Waals surface area contributed by atoms with Gasteiger partial charge in [0.25, 0.3) is 5.91 Å². The highest BCUT2D eigenvalue weighted by Gasteiger charge is 2.26. The number of piperidine rings is 1. The zero-order valence-electron chi connectivity index (χ0n) is 19.0. The van der Waals surface area contributed by atoms with E-state index in [1.807, 2.05) is 41.9 Å². The molecule has 0 atom stereocenters. The molecule has 0 saturated carbocycles. The van der Waals surface area contributed by atoms with E-state index in [9.17, 15) is 4.79 Å². The minimum atomic E-state index is -0.0542. The number of fused-ring (bicyclic) bond motifs is 6. The summed E-state index contributed by atoms with van der Waals surface area (Å²) < 4.78 is 3.98. The fourth-order valence-corrected chi connectivity index (χ4v) is 5.04. The molecule has 4 aromatic rings. The van der Waals surface area contributed by atoms with Crippen molar-refractivity contribution in [3.63, 3.8) is 0 Å². The normalized spacial score (nSPS) is 17.5. The Morgan fingerprint density at radius 3 is 2.76 bits per heavy atom. The molecule has 0 aliphatic carbocycles. The van der Waals surface area contributed by atoms with Gasteiger partial charge in [-0.3, -0.25) is 14.2 Å². The van der Waals surface area contributed by atoms with E-state index in [0.29, 0.717) is 18.3 Å². The van der Waals surface area contributed by atoms with Crippen LogP contribution in [-0.4, -0.2) is 67.0 Å². The quantitative estimate of drug-likeness (QED) is 0.471. The van der Waals surface area contributed by atoms with Gasteiger partial charge in [0.15, 0.2) is 5.69 Å². The summed E-state index contributed by atoms with van der Waals surface area (Å²) in [5, 5.41) is 14.0. The van der Waals surface area contributed by atoms with E-state index in [1.54, 1.807) is 4.90 Å². The number of hydrogen-bond acceptors (Lipinski definition) is 5. The van der Waals surface area contributed by atoms with Crippen molar-refractivity contribution < 1.29 is 4.79 Å². The van der Waals surface area contributed by atoms with Crippen LogP contribution in [0, 0.1) is 6.92 Å². The zero-order valence-corrected chi connectivity index (χ0v) is 19.0. The Morgan fingerprint density at radius 1 is 1.06 bits per heavy atom. The molecule has 2 aliphatic heterocycles. The van der Waals surface area contributed by atoms with Crippen LogP contribution in [0.2, 0.25) is 0 Å². The van der Waals surface area contributed by atoms with Crippen LogP contribution in [0.3, 0.4) is 0 Å². The third-order valence-corrected chi connectivity index (χ3v) is 6.92. The molecule has 9 nitrogen and oxygen atoms in total. The average molecular weight is 445 g/mol. The number of carbonyl (C=O) groups excluding carboxylic acids is 1. The standard InChI is InChI=1S/C24H28N8O/c1-15-20-13-31(28-15)9-3-8-30(2)24(33)22-21(14-32(29-22)17-4-6-25-7-5-17)16-10-18-19(20)12-27-23(18)26-11-16/h10-14,17,25H,3-9H2,1-2H3,(H,26,27). The SMILES string of the molecule is Cc1nn2cc1-c1c[nH]c3ncc(cc13)-c1cn(C3CCNCC3)nc1C(=O)N(C)CCC2. The molecule has 1 saturated heterocycles. The molecule has 2 N–H and O–H groups in total. The molecule has 170 valence electrons. The van der Waals surface area contributed by atoms with Crippen LogP contribution in [-0.2, 0) is 6.54 Å². The second kappa shape index (κ2) is 7.84. The fourth-order valence-electron chi connectivity index (χ4n) is 5.04. The van der Waals surface area contributed by atoms with Crippen LogP contribution in [0.1, 0.15) is 41.5 Å². The van der Waals surface area contributed by atoms with Crippen LogP contribution in [0.15, 0.2) is 30.9 Å². The van der Waals surface area contributed by atoms with Gasteiger partial charge in [-0.2, -0.15) is 10.2 Å². The van der Waals surface area contributed by atoms with Crippen molar-refractivity contribution >= 4 is 16.9 Å². The van der Waals surface area contributed by atoms with Gasteiger partial charge in [-0.1, -0.05) is 0 Å². The highest BCUT2D eigenvalue weighted by Crippen LogP contribution is 2.34. The largest absolute Gasteiger partial charge is 0.346 e. The Balaban J connectivity index is 1.55. The van der Waals surface area contributed by atoms with E-state index < -0.39 is 0 Å². The fraction of sp³-hybridized carbons (Fsp3) is 0.417. The molecule has 6 heterocycles. The lowest BCUT2D eigenvalue weighted by molar-refractivity contribution is 0.0785. The first-order valence-electron chi connectivity index (χ1n) is 11.7. The van der Waals surface area contributed by atoms with Gasteiger partial charge in [-0.25, -0.2) is 4.98 Å². The van der Waals surface area contributed by atoms with Crippen molar-refractivity contribution in [1.29, 1.82) is 0 Å². The van der Waals surface area contributed by atoms with Crippen molar-refractivity contribution in [3.8, 4) is 22.3 Å². The number of nitrogens with one attached hydrogen (secondary N) is 2. The van der Waals surface area contributed by atoms with E-state index in [2.05, 4.69) is 27.5 Å². The number of aryl methyl sites for hydroxylation is 2. The average Bonchev–Trinajstić information content (AvgIpc) is 3.54. The number of hydrogen-bond donors (Lipinski definition) is 2. The van der Waals surface area contributed by atoms with Crippen LogP contribution in [0.4, 0.5) is 0 Å². The second-order valence-corrected chi connectivity index (χ2v) is 9.15. The van der Waals surface area contributed by atoms with E-state index >= 15 is 0 Å². The van der Waals surface area contributed by atoms with E-state index in [4.69, 9.17) is 10.2 Å². The number of aromatic amines is 1. The molecule has 0 spiro atoms. The third kappa shape index (κ3) is 3.43. The van der Waals surface area contributed by atoms with Gasteiger partial charge in [0.05, 0.1) is 11.7 Å². The smallest absolute Gasteiger partial charge is 0.274 e. The molecule has 6 rings (SSSR count). The minimum Gasteiger partial charge on any atom is -0.346 e. The van der Waals surface area contributed by atoms with Crippen molar-refractivity contribution in [2.24, 2.45) is 0 Å². The molecule has 1 amide bonds. The maximum absolute atomic E-state index is 13.5. The van der Waals surface area contributed by atoms with Crippen LogP contribution < -0.4 is 5.32 Å². The first kappa shape index (κ1) is 20.2. The second-order valence-electron chi connectivity index (χ2n) is 9.15. The molecule has 0 unspecified atom stereocenters. The molecule has 33 heavy (non-hydrogen) atoms. The van der Waals surface area contributed by atoms with Gasteiger partial charge in [0.2, 0.25) is 0 Å². The lowest BCUT2D eigenvalue weighted by atomic mass is 10.0. The Bertz CT molecular complexity index is 1340. The first-order valence-corrected chi connectivity index (χ1v) is 11.7. The molecule has 4 bridgehead atoms. The molecule has 2 aliphatic rings. The van der Waals surface area contributed by atoms with Crippen LogP contribution >= 0.6 is 0 Å². The molecule has 0 radical (unpaired) electrons. The monoisotopic (exact) mass is 444 g/mol. The Hall–Kier alpha value is -3.46. The number of carbonyl (C=O) groups is 1. The minimum absolute atomic E-state index is 0.0542. The van der Waals surface area contributed by atoms with Gasteiger partial charge in [0.1, 0.15) is 5.65 Å². The first-order chi connectivity index (χ1) is 16.1. The highest BCUT2D eigenvalue weighted by atomic mass is 16.2. The number of amides is 1. The predicted octanol–water partition coefficient (Wildman–Crippen LogP) is 3.00. The molecule has 9 heteroatoms. The van der Waals surface area contributed by atoms with Crippen LogP contribution in [0.25, 0.3) is 33.3 Å². The molecule has 1 fully saturated rings. The molecule has 0 aromatic carbocycles. The highest BCUT2D eigenvalue weighted by molar-refractivity contribution is 6.01. The van der Waals surface area contributed by atoms with Gasteiger partial charge in [0, 0.05) is 72.6 Å². The summed E-state index contributed by atoms with van der Waals surface area (Å²) in [6.07, 6.45) is 10.8. The van der Waals surface area contributed by atoms with Gasteiger partial charge in [-0.15, -0.1) is 0 Å².